The quantitative estimate of drug-likeness (QED) is 0.546. The van der Waals surface area contributed by atoms with Crippen molar-refractivity contribution in [2.75, 3.05) is 55.4 Å². The van der Waals surface area contributed by atoms with Gasteiger partial charge in [-0.2, -0.15) is 0 Å². The van der Waals surface area contributed by atoms with Crippen molar-refractivity contribution in [2.24, 2.45) is 0 Å². The minimum absolute atomic E-state index is 0. The van der Waals surface area contributed by atoms with Gasteiger partial charge in [0, 0.05) is 47.5 Å². The Morgan fingerprint density at radius 2 is 1.05 bits per heavy atom. The zero-order valence-corrected chi connectivity index (χ0v) is 27.7. The fourth-order valence-electron chi connectivity index (χ4n) is 4.84. The topological polar surface area (TPSA) is 83.8 Å². The van der Waals surface area contributed by atoms with E-state index in [0.29, 0.717) is 36.4 Å². The van der Waals surface area contributed by atoms with Crippen LogP contribution in [0.1, 0.15) is 81.0 Å². The van der Waals surface area contributed by atoms with Crippen molar-refractivity contribution in [3.63, 3.8) is 0 Å². The number of hydrogen-bond donors (Lipinski definition) is 2. The lowest BCUT2D eigenvalue weighted by Gasteiger charge is -2.28. The fraction of sp³-hybridized carbons (Fsp3) is 0.594. The monoisotopic (exact) mass is 579 g/mol. The van der Waals surface area contributed by atoms with E-state index in [-0.39, 0.29) is 12.4 Å². The summed E-state index contributed by atoms with van der Waals surface area (Å²) in [4.78, 5) is 11.5. The SMILES string of the molecule is Cc1cc(O)c(C(C)C)cc1[N+](C)(C)C.Cc1cc(O)c(C(C)C)cc1[N+](C)(C)C.O=C([O-])N1CCCCC1.[Cl-]. The van der Waals surface area contributed by atoms with Crippen LogP contribution in [0.5, 0.6) is 11.5 Å². The van der Waals surface area contributed by atoms with Crippen molar-refractivity contribution >= 4 is 17.5 Å². The molecule has 40 heavy (non-hydrogen) atoms. The molecule has 0 radical (unpaired) electrons. The van der Waals surface area contributed by atoms with Crippen LogP contribution in [-0.2, 0) is 0 Å². The third-order valence-corrected chi connectivity index (χ3v) is 6.99. The third-order valence-electron chi connectivity index (χ3n) is 6.99. The molecule has 0 saturated carbocycles. The molecule has 1 aliphatic heterocycles. The number of aryl methyl sites for hydroxylation is 2. The molecule has 0 spiro atoms. The van der Waals surface area contributed by atoms with Gasteiger partial charge in [0.05, 0.1) is 42.3 Å². The number of rotatable bonds is 4. The molecule has 8 heteroatoms. The summed E-state index contributed by atoms with van der Waals surface area (Å²) in [6, 6.07) is 7.98. The lowest BCUT2D eigenvalue weighted by atomic mass is 9.98. The minimum Gasteiger partial charge on any atom is -1.00 e. The molecule has 0 bridgehead atoms. The molecule has 1 aliphatic rings. The van der Waals surface area contributed by atoms with Crippen molar-refractivity contribution < 1.29 is 32.5 Å². The summed E-state index contributed by atoms with van der Waals surface area (Å²) in [7, 11) is 12.9. The number of aromatic hydroxyl groups is 2. The molecule has 228 valence electrons. The van der Waals surface area contributed by atoms with Crippen LogP contribution >= 0.6 is 0 Å². The molecule has 2 aromatic carbocycles. The van der Waals surface area contributed by atoms with Crippen molar-refractivity contribution in [1.82, 2.24) is 13.9 Å². The first-order valence-corrected chi connectivity index (χ1v) is 14.0. The summed E-state index contributed by atoms with van der Waals surface area (Å²) in [5, 5.41) is 29.9. The summed E-state index contributed by atoms with van der Waals surface area (Å²) >= 11 is 0. The number of carbonyl (C=O) groups excluding carboxylic acids is 1. The molecule has 3 rings (SSSR count). The maximum Gasteiger partial charge on any atom is 0.136 e. The molecule has 0 unspecified atom stereocenters. The van der Waals surface area contributed by atoms with E-state index >= 15 is 0 Å². The molecule has 1 saturated heterocycles. The zero-order valence-electron chi connectivity index (χ0n) is 26.9. The van der Waals surface area contributed by atoms with Crippen molar-refractivity contribution in [1.29, 1.82) is 0 Å². The fourth-order valence-corrected chi connectivity index (χ4v) is 4.84. The molecule has 1 amide bonds. The number of phenols is 2. The minimum atomic E-state index is -1.02. The Morgan fingerprint density at radius 1 is 0.725 bits per heavy atom. The molecule has 0 atom stereocenters. The van der Waals surface area contributed by atoms with Crippen molar-refractivity contribution in [3.8, 4) is 11.5 Å². The number of hydrogen-bond acceptors (Lipinski definition) is 4. The molecule has 1 fully saturated rings. The maximum absolute atomic E-state index is 10.2. The number of phenolic OH excluding ortho intramolecular Hbond substituents is 2. The molecule has 7 nitrogen and oxygen atoms in total. The number of carboxylic acid groups (broad SMARTS) is 1. The predicted molar refractivity (Wildman–Crippen MR) is 164 cm³/mol. The second-order valence-corrected chi connectivity index (χ2v) is 13.0. The van der Waals surface area contributed by atoms with E-state index in [1.807, 2.05) is 26.0 Å². The van der Waals surface area contributed by atoms with Gasteiger partial charge in [0.25, 0.3) is 0 Å². The third kappa shape index (κ3) is 11.2. The number of likely N-dealkylation sites (tertiary alicyclic amines) is 1. The van der Waals surface area contributed by atoms with Crippen LogP contribution in [0.3, 0.4) is 0 Å². The van der Waals surface area contributed by atoms with Crippen LogP contribution < -0.4 is 26.5 Å². The number of amides is 1. The highest BCUT2D eigenvalue weighted by molar-refractivity contribution is 5.62. The van der Waals surface area contributed by atoms with Gasteiger partial charge in [-0.05, 0) is 57.1 Å². The first-order chi connectivity index (χ1) is 17.8. The highest BCUT2D eigenvalue weighted by Crippen LogP contribution is 2.35. The van der Waals surface area contributed by atoms with Crippen LogP contribution in [0.15, 0.2) is 24.3 Å². The molecule has 2 aromatic rings. The largest absolute Gasteiger partial charge is 1.00 e. The number of carbonyl (C=O) groups is 1. The van der Waals surface area contributed by atoms with E-state index in [1.165, 1.54) is 16.3 Å². The van der Waals surface area contributed by atoms with Gasteiger partial charge in [0.1, 0.15) is 29.0 Å². The van der Waals surface area contributed by atoms with Crippen LogP contribution in [0.4, 0.5) is 16.2 Å². The molecule has 0 aliphatic carbocycles. The lowest BCUT2D eigenvalue weighted by molar-refractivity contribution is -0.266. The van der Waals surface area contributed by atoms with Crippen LogP contribution in [0.25, 0.3) is 0 Å². The zero-order chi connectivity index (χ0) is 30.3. The molecule has 1 heterocycles. The molecule has 2 N–H and O–H groups in total. The molecular formula is C32H54ClN3O4. The summed E-state index contributed by atoms with van der Waals surface area (Å²) in [6.45, 7) is 13.8. The lowest BCUT2D eigenvalue weighted by Crippen LogP contribution is -3.00. The predicted octanol–water partition coefficient (Wildman–Crippen LogP) is 2.86. The van der Waals surface area contributed by atoms with Gasteiger partial charge < -0.3 is 37.4 Å². The van der Waals surface area contributed by atoms with E-state index in [0.717, 1.165) is 50.5 Å². The van der Waals surface area contributed by atoms with Crippen molar-refractivity contribution in [3.05, 3.63) is 46.5 Å². The highest BCUT2D eigenvalue weighted by Gasteiger charge is 2.20. The number of benzene rings is 2. The first-order valence-electron chi connectivity index (χ1n) is 14.0. The van der Waals surface area contributed by atoms with Crippen LogP contribution in [0.2, 0.25) is 0 Å². The smallest absolute Gasteiger partial charge is 0.136 e. The summed E-state index contributed by atoms with van der Waals surface area (Å²) in [5.74, 6) is 1.55. The Labute approximate surface area is 249 Å². The average molecular weight is 580 g/mol. The normalized spacial score (nSPS) is 13.6. The van der Waals surface area contributed by atoms with Crippen LogP contribution in [-0.4, -0.2) is 76.6 Å². The van der Waals surface area contributed by atoms with Gasteiger partial charge in [-0.25, -0.2) is 0 Å². The Kier molecular flexibility index (Phi) is 14.5. The van der Waals surface area contributed by atoms with Gasteiger partial charge in [0.2, 0.25) is 0 Å². The van der Waals surface area contributed by atoms with E-state index in [9.17, 15) is 20.1 Å². The Bertz CT molecular complexity index is 1020. The van der Waals surface area contributed by atoms with Gasteiger partial charge in [0.15, 0.2) is 0 Å². The average Bonchev–Trinajstić information content (AvgIpc) is 2.78. The number of halogens is 1. The summed E-state index contributed by atoms with van der Waals surface area (Å²) in [5.41, 5.74) is 6.87. The van der Waals surface area contributed by atoms with Gasteiger partial charge in [-0.3, -0.25) is 8.97 Å². The standard InChI is InChI=1S/2C13H21NO.C6H11NO2.ClH/c2*1-9(2)11-8-12(14(4,5)6)10(3)7-13(11)15;8-6(9)7-4-2-1-3-5-7;/h2*7-9H,1-6H3;1-5H2,(H,8,9);1H. The van der Waals surface area contributed by atoms with E-state index in [1.54, 1.807) is 0 Å². The maximum atomic E-state index is 10.2. The highest BCUT2D eigenvalue weighted by atomic mass is 35.5. The second-order valence-electron chi connectivity index (χ2n) is 13.0. The van der Waals surface area contributed by atoms with Gasteiger partial charge in [-0.15, -0.1) is 0 Å². The van der Waals surface area contributed by atoms with E-state index in [2.05, 4.69) is 82.1 Å². The number of quaternary nitrogens is 2. The summed E-state index contributed by atoms with van der Waals surface area (Å²) < 4.78 is 1.57. The summed E-state index contributed by atoms with van der Waals surface area (Å²) in [6.07, 6.45) is 2.13. The Hall–Kier alpha value is -2.48. The van der Waals surface area contributed by atoms with Crippen molar-refractivity contribution in [2.45, 2.75) is 72.6 Å². The Balaban J connectivity index is 0.000000581. The van der Waals surface area contributed by atoms with E-state index in [4.69, 9.17) is 0 Å². The first kappa shape index (κ1) is 37.5. The number of nitrogens with zero attached hydrogens (tertiary/aromatic N) is 3. The van der Waals surface area contributed by atoms with Crippen LogP contribution in [0, 0.1) is 13.8 Å². The van der Waals surface area contributed by atoms with Gasteiger partial charge >= 0.3 is 0 Å². The van der Waals surface area contributed by atoms with E-state index < -0.39 is 6.09 Å². The molecule has 0 aromatic heterocycles. The Morgan fingerprint density at radius 3 is 1.27 bits per heavy atom. The molecular weight excluding hydrogens is 526 g/mol. The second kappa shape index (κ2) is 15.5. The van der Waals surface area contributed by atoms with Gasteiger partial charge in [-0.1, -0.05) is 27.7 Å². The number of piperidine rings is 1.